The number of primary sulfonamides is 1. The molecule has 8 nitrogen and oxygen atoms in total. The minimum absolute atomic E-state index is 0.126. The fourth-order valence-corrected chi connectivity index (χ4v) is 4.30. The monoisotopic (exact) mass is 447 g/mol. The van der Waals surface area contributed by atoms with Crippen molar-refractivity contribution in [2.75, 3.05) is 32.7 Å². The summed E-state index contributed by atoms with van der Waals surface area (Å²) < 4.78 is 28.5. The van der Waals surface area contributed by atoms with Crippen LogP contribution in [0.3, 0.4) is 0 Å². The molecule has 3 rings (SSSR count). The van der Waals surface area contributed by atoms with Crippen LogP contribution in [0, 0.1) is 0 Å². The van der Waals surface area contributed by atoms with Crippen molar-refractivity contribution in [3.63, 3.8) is 0 Å². The molecule has 170 valence electrons. The average Bonchev–Trinajstić information content (AvgIpc) is 3.29. The third kappa shape index (κ3) is 7.09. The zero-order valence-electron chi connectivity index (χ0n) is 18.1. The maximum Gasteiger partial charge on any atom is 0.238 e. The average molecular weight is 448 g/mol. The summed E-state index contributed by atoms with van der Waals surface area (Å²) in [4.78, 5) is 7.41. The molecule has 2 aromatic rings. The van der Waals surface area contributed by atoms with Crippen LogP contribution in [0.4, 0.5) is 0 Å². The van der Waals surface area contributed by atoms with Gasteiger partial charge in [0.25, 0.3) is 0 Å². The van der Waals surface area contributed by atoms with E-state index in [1.165, 1.54) is 31.4 Å². The number of hydrogen-bond donors (Lipinski definition) is 3. The Balaban J connectivity index is 1.59. The first-order valence-corrected chi connectivity index (χ1v) is 12.4. The number of hydrogen-bond acceptors (Lipinski definition) is 5. The van der Waals surface area contributed by atoms with E-state index in [1.54, 1.807) is 18.4 Å². The molecule has 4 N–H and O–H groups in total. The van der Waals surface area contributed by atoms with Gasteiger partial charge in [0, 0.05) is 13.1 Å². The molecule has 0 spiro atoms. The third-order valence-corrected chi connectivity index (χ3v) is 6.36. The number of piperidine rings is 1. The van der Waals surface area contributed by atoms with Crippen LogP contribution < -0.4 is 15.8 Å². The van der Waals surface area contributed by atoms with Crippen LogP contribution in [0.1, 0.15) is 43.6 Å². The van der Waals surface area contributed by atoms with E-state index in [9.17, 15) is 8.42 Å². The van der Waals surface area contributed by atoms with E-state index in [1.807, 2.05) is 19.1 Å². The summed E-state index contributed by atoms with van der Waals surface area (Å²) in [5.74, 6) is 1.72. The highest BCUT2D eigenvalue weighted by molar-refractivity contribution is 7.89. The number of nitrogens with zero attached hydrogens (tertiary/aromatic N) is 2. The summed E-state index contributed by atoms with van der Waals surface area (Å²) in [6, 6.07) is 10.7. The molecule has 1 unspecified atom stereocenters. The molecule has 1 aliphatic rings. The molecule has 1 atom stereocenters. The second-order valence-corrected chi connectivity index (χ2v) is 9.27. The number of benzene rings is 1. The lowest BCUT2D eigenvalue weighted by atomic mass is 10.1. The van der Waals surface area contributed by atoms with Gasteiger partial charge in [-0.2, -0.15) is 0 Å². The molecular weight excluding hydrogens is 414 g/mol. The van der Waals surface area contributed by atoms with Crippen molar-refractivity contribution in [3.8, 4) is 0 Å². The van der Waals surface area contributed by atoms with Gasteiger partial charge in [0.2, 0.25) is 10.0 Å². The topological polar surface area (TPSA) is 113 Å². The second kappa shape index (κ2) is 11.3. The van der Waals surface area contributed by atoms with E-state index < -0.39 is 10.0 Å². The zero-order chi connectivity index (χ0) is 22.1. The van der Waals surface area contributed by atoms with E-state index in [-0.39, 0.29) is 10.9 Å². The molecule has 9 heteroatoms. The van der Waals surface area contributed by atoms with E-state index in [2.05, 4.69) is 15.5 Å². The molecule has 0 bridgehead atoms. The fourth-order valence-electron chi connectivity index (χ4n) is 3.79. The largest absolute Gasteiger partial charge is 0.468 e. The smallest absolute Gasteiger partial charge is 0.238 e. The van der Waals surface area contributed by atoms with Gasteiger partial charge in [0.1, 0.15) is 5.76 Å². The zero-order valence-corrected chi connectivity index (χ0v) is 18.9. The maximum atomic E-state index is 11.4. The van der Waals surface area contributed by atoms with Crippen molar-refractivity contribution in [1.29, 1.82) is 0 Å². The second-order valence-electron chi connectivity index (χ2n) is 7.71. The fraction of sp³-hybridized carbons (Fsp3) is 0.500. The van der Waals surface area contributed by atoms with Crippen LogP contribution in [0.15, 0.2) is 57.0 Å². The number of guanidine groups is 1. The third-order valence-electron chi connectivity index (χ3n) is 5.43. The van der Waals surface area contributed by atoms with Crippen molar-refractivity contribution >= 4 is 16.0 Å². The Morgan fingerprint density at radius 3 is 2.52 bits per heavy atom. The number of aliphatic imine (C=N–C) groups is 1. The molecule has 0 aliphatic carbocycles. The summed E-state index contributed by atoms with van der Waals surface area (Å²) in [6.45, 7) is 6.24. The minimum atomic E-state index is -3.66. The van der Waals surface area contributed by atoms with Crippen molar-refractivity contribution < 1.29 is 12.8 Å². The van der Waals surface area contributed by atoms with Gasteiger partial charge in [-0.15, -0.1) is 0 Å². The highest BCUT2D eigenvalue weighted by atomic mass is 32.2. The summed E-state index contributed by atoms with van der Waals surface area (Å²) in [6.07, 6.45) is 6.17. The van der Waals surface area contributed by atoms with Crippen LogP contribution in [-0.4, -0.2) is 52.0 Å². The highest BCUT2D eigenvalue weighted by Gasteiger charge is 2.24. The van der Waals surface area contributed by atoms with Gasteiger partial charge in [0.05, 0.1) is 23.7 Å². The molecule has 1 saturated heterocycles. The van der Waals surface area contributed by atoms with Gasteiger partial charge in [-0.25, -0.2) is 13.6 Å². The molecule has 31 heavy (non-hydrogen) atoms. The van der Waals surface area contributed by atoms with Crippen LogP contribution >= 0.6 is 0 Å². The van der Waals surface area contributed by atoms with E-state index in [0.717, 1.165) is 43.3 Å². The minimum Gasteiger partial charge on any atom is -0.468 e. The lowest BCUT2D eigenvalue weighted by Gasteiger charge is -2.32. The highest BCUT2D eigenvalue weighted by Crippen LogP contribution is 2.25. The number of nitrogens with two attached hydrogens (primary N) is 1. The Hall–Kier alpha value is -2.36. The molecule has 1 fully saturated rings. The molecule has 0 saturated carbocycles. The maximum absolute atomic E-state index is 11.4. The van der Waals surface area contributed by atoms with Crippen LogP contribution in [0.2, 0.25) is 0 Å². The molecule has 0 radical (unpaired) electrons. The van der Waals surface area contributed by atoms with Gasteiger partial charge in [-0.1, -0.05) is 18.6 Å². The Labute approximate surface area is 185 Å². The first-order valence-electron chi connectivity index (χ1n) is 10.9. The van der Waals surface area contributed by atoms with Gasteiger partial charge < -0.3 is 15.1 Å². The van der Waals surface area contributed by atoms with E-state index in [4.69, 9.17) is 14.5 Å². The Bertz CT molecular complexity index is 921. The lowest BCUT2D eigenvalue weighted by molar-refractivity contribution is 0.150. The van der Waals surface area contributed by atoms with E-state index in [0.29, 0.717) is 13.1 Å². The first-order chi connectivity index (χ1) is 15.0. The van der Waals surface area contributed by atoms with E-state index >= 15 is 0 Å². The Morgan fingerprint density at radius 2 is 1.90 bits per heavy atom. The summed E-state index contributed by atoms with van der Waals surface area (Å²) >= 11 is 0. The molecule has 1 aliphatic heterocycles. The summed E-state index contributed by atoms with van der Waals surface area (Å²) in [5, 5.41) is 11.8. The number of rotatable bonds is 9. The quantitative estimate of drug-likeness (QED) is 0.401. The molecule has 2 heterocycles. The van der Waals surface area contributed by atoms with Gasteiger partial charge in [-0.05, 0) is 69.1 Å². The SMILES string of the molecule is CCNC(=NCC(c1ccco1)N1CCCCC1)NCCc1ccc(S(N)(=O)=O)cc1. The number of likely N-dealkylation sites (tertiary alicyclic amines) is 1. The lowest BCUT2D eigenvalue weighted by Crippen LogP contribution is -2.40. The molecule has 1 aromatic carbocycles. The van der Waals surface area contributed by atoms with Gasteiger partial charge >= 0.3 is 0 Å². The van der Waals surface area contributed by atoms with Crippen molar-refractivity contribution in [1.82, 2.24) is 15.5 Å². The predicted octanol–water partition coefficient (Wildman–Crippen LogP) is 2.25. The normalized spacial score (nSPS) is 16.8. The van der Waals surface area contributed by atoms with Gasteiger partial charge in [0.15, 0.2) is 5.96 Å². The van der Waals surface area contributed by atoms with Crippen LogP contribution in [0.5, 0.6) is 0 Å². The standard InChI is InChI=1S/C22H33N5O3S/c1-2-24-22(25-13-12-18-8-10-19(11-9-18)31(23,28)29)26-17-20(21-7-6-16-30-21)27-14-4-3-5-15-27/h6-11,16,20H,2-5,12-15,17H2,1H3,(H2,23,28,29)(H2,24,25,26). The number of sulfonamides is 1. The molecular formula is C22H33N5O3S. The molecule has 1 aromatic heterocycles. The van der Waals surface area contributed by atoms with Crippen molar-refractivity contribution in [2.24, 2.45) is 10.1 Å². The van der Waals surface area contributed by atoms with Crippen molar-refractivity contribution in [3.05, 3.63) is 54.0 Å². The Morgan fingerprint density at radius 1 is 1.16 bits per heavy atom. The summed E-state index contributed by atoms with van der Waals surface area (Å²) in [5.41, 5.74) is 1.03. The van der Waals surface area contributed by atoms with Gasteiger partial charge in [-0.3, -0.25) is 9.89 Å². The number of furan rings is 1. The number of nitrogens with one attached hydrogen (secondary N) is 2. The van der Waals surface area contributed by atoms with Crippen molar-refractivity contribution in [2.45, 2.75) is 43.5 Å². The predicted molar refractivity (Wildman–Crippen MR) is 122 cm³/mol. The Kier molecular flexibility index (Phi) is 8.51. The first kappa shape index (κ1) is 23.3. The summed E-state index contributed by atoms with van der Waals surface area (Å²) in [7, 11) is -3.66. The molecule has 0 amide bonds. The van der Waals surface area contributed by atoms with Crippen LogP contribution in [0.25, 0.3) is 0 Å². The van der Waals surface area contributed by atoms with Crippen LogP contribution in [-0.2, 0) is 16.4 Å².